The van der Waals surface area contributed by atoms with Gasteiger partial charge in [-0.1, -0.05) is 12.1 Å². The van der Waals surface area contributed by atoms with Gasteiger partial charge in [-0.15, -0.1) is 0 Å². The second-order valence-electron chi connectivity index (χ2n) is 7.97. The van der Waals surface area contributed by atoms with Crippen molar-refractivity contribution >= 4 is 27.5 Å². The van der Waals surface area contributed by atoms with E-state index in [1.54, 1.807) is 54.7 Å². The van der Waals surface area contributed by atoms with E-state index in [-0.39, 0.29) is 33.9 Å². The maximum atomic E-state index is 13.5. The molecule has 0 spiro atoms. The molecule has 0 aromatic heterocycles. The predicted molar refractivity (Wildman–Crippen MR) is 131 cm³/mol. The first-order valence-electron chi connectivity index (χ1n) is 10.7. The second-order valence-corrected chi connectivity index (χ2v) is 9.99. The molecule has 0 aliphatic carbocycles. The molecule has 174 valence electrons. The molecule has 0 fully saturated rings. The van der Waals surface area contributed by atoms with E-state index in [9.17, 15) is 23.4 Å². The number of aliphatic imine (C=N–C) groups is 1. The van der Waals surface area contributed by atoms with Gasteiger partial charge in [0.15, 0.2) is 9.84 Å². The van der Waals surface area contributed by atoms with Gasteiger partial charge in [0.2, 0.25) is 5.78 Å². The fourth-order valence-electron chi connectivity index (χ4n) is 3.93. The van der Waals surface area contributed by atoms with Gasteiger partial charge in [-0.25, -0.2) is 8.42 Å². The van der Waals surface area contributed by atoms with Gasteiger partial charge in [-0.2, -0.15) is 0 Å². The average Bonchev–Trinajstić information content (AvgIpc) is 2.83. The number of Topliss-reactive ketones (excluding diaryl/α,β-unsaturated/α-hetero) is 1. The largest absolute Gasteiger partial charge is 0.508 e. The predicted octanol–water partition coefficient (Wildman–Crippen LogP) is 4.20. The number of aromatic hydroxyl groups is 2. The van der Waals surface area contributed by atoms with Crippen molar-refractivity contribution in [3.05, 3.63) is 95.2 Å². The third-order valence-corrected chi connectivity index (χ3v) is 6.80. The summed E-state index contributed by atoms with van der Waals surface area (Å²) in [6.45, 7) is 2.52. The molecule has 3 aromatic rings. The minimum Gasteiger partial charge on any atom is -0.508 e. The minimum absolute atomic E-state index is 0.103. The summed E-state index contributed by atoms with van der Waals surface area (Å²) in [7, 11) is -3.38. The summed E-state index contributed by atoms with van der Waals surface area (Å²) in [6, 6.07) is 18.9. The number of phenols is 2. The van der Waals surface area contributed by atoms with Crippen molar-refractivity contribution in [2.24, 2.45) is 4.99 Å². The number of nitrogens with zero attached hydrogens (tertiary/aromatic N) is 2. The number of carbonyl (C=O) groups is 1. The third-order valence-electron chi connectivity index (χ3n) is 5.67. The lowest BCUT2D eigenvalue weighted by Crippen LogP contribution is -2.33. The Morgan fingerprint density at radius 3 is 2.00 bits per heavy atom. The molecule has 1 unspecified atom stereocenters. The number of hydrogen-bond acceptors (Lipinski definition) is 7. The molecule has 4 rings (SSSR count). The van der Waals surface area contributed by atoms with Crippen LogP contribution in [0.4, 0.5) is 0 Å². The Hall–Kier alpha value is -3.91. The summed E-state index contributed by atoms with van der Waals surface area (Å²) in [6.07, 6.45) is 2.81. The van der Waals surface area contributed by atoms with E-state index in [4.69, 9.17) is 0 Å². The SMILES string of the molecule is CCN1C(c2ccc(O)cc2)=C(C(=O)c2ccc(S(C)(=O)=O)cc2)N=CC1c1ccc(O)cc1. The van der Waals surface area contributed by atoms with Crippen LogP contribution in [-0.2, 0) is 9.84 Å². The van der Waals surface area contributed by atoms with Gasteiger partial charge < -0.3 is 15.1 Å². The summed E-state index contributed by atoms with van der Waals surface area (Å²) in [4.78, 5) is 20.2. The number of phenolic OH excluding ortho intramolecular Hbond substituents is 2. The zero-order chi connectivity index (χ0) is 24.5. The standard InChI is InChI=1S/C26H24N2O5S/c1-3-28-23(17-4-10-20(29)11-5-17)16-27-24(25(28)18-6-12-21(30)13-7-18)26(31)19-8-14-22(15-9-19)34(2,32)33/h4-16,23,29-30H,3H2,1-2H3. The maximum absolute atomic E-state index is 13.5. The topological polar surface area (TPSA) is 107 Å². The van der Waals surface area contributed by atoms with Gasteiger partial charge in [0, 0.05) is 30.1 Å². The summed E-state index contributed by atoms with van der Waals surface area (Å²) in [5.41, 5.74) is 2.73. The quantitative estimate of drug-likeness (QED) is 0.517. The van der Waals surface area contributed by atoms with Crippen LogP contribution in [0.3, 0.4) is 0 Å². The summed E-state index contributed by atoms with van der Waals surface area (Å²) >= 11 is 0. The molecule has 2 N–H and O–H groups in total. The summed E-state index contributed by atoms with van der Waals surface area (Å²) in [5.74, 6) is -0.0877. The van der Waals surface area contributed by atoms with Crippen LogP contribution in [0.25, 0.3) is 5.70 Å². The molecule has 3 aromatic carbocycles. The van der Waals surface area contributed by atoms with Crippen molar-refractivity contribution in [3.63, 3.8) is 0 Å². The minimum atomic E-state index is -3.38. The van der Waals surface area contributed by atoms with Crippen LogP contribution in [0, 0.1) is 0 Å². The molecule has 8 heteroatoms. The monoisotopic (exact) mass is 476 g/mol. The summed E-state index contributed by atoms with van der Waals surface area (Å²) < 4.78 is 23.6. The molecule has 1 heterocycles. The van der Waals surface area contributed by atoms with E-state index in [1.807, 2.05) is 11.8 Å². The lowest BCUT2D eigenvalue weighted by molar-refractivity contribution is 0.103. The molecule has 7 nitrogen and oxygen atoms in total. The number of sulfone groups is 1. The number of carbonyl (C=O) groups excluding carboxylic acids is 1. The highest BCUT2D eigenvalue weighted by atomic mass is 32.2. The average molecular weight is 477 g/mol. The molecular formula is C26H24N2O5S. The number of rotatable bonds is 6. The molecule has 0 saturated carbocycles. The van der Waals surface area contributed by atoms with Crippen LogP contribution in [0.2, 0.25) is 0 Å². The van der Waals surface area contributed by atoms with Gasteiger partial charge in [0.05, 0.1) is 16.6 Å². The number of ketones is 1. The lowest BCUT2D eigenvalue weighted by Gasteiger charge is -2.36. The Kier molecular flexibility index (Phi) is 6.26. The Balaban J connectivity index is 1.83. The van der Waals surface area contributed by atoms with Gasteiger partial charge in [0.1, 0.15) is 17.2 Å². The van der Waals surface area contributed by atoms with E-state index in [2.05, 4.69) is 4.99 Å². The molecule has 34 heavy (non-hydrogen) atoms. The fraction of sp³-hybridized carbons (Fsp3) is 0.154. The molecule has 1 atom stereocenters. The smallest absolute Gasteiger partial charge is 0.213 e. The number of hydrogen-bond donors (Lipinski definition) is 2. The van der Waals surface area contributed by atoms with Gasteiger partial charge >= 0.3 is 0 Å². The molecule has 1 aliphatic heterocycles. The van der Waals surface area contributed by atoms with Gasteiger partial charge in [-0.05, 0) is 73.2 Å². The normalized spacial score (nSPS) is 16.1. The van der Waals surface area contributed by atoms with E-state index in [1.165, 1.54) is 24.3 Å². The first kappa shape index (κ1) is 23.3. The van der Waals surface area contributed by atoms with Crippen LogP contribution in [0.15, 0.2) is 88.4 Å². The van der Waals surface area contributed by atoms with Gasteiger partial charge in [-0.3, -0.25) is 9.79 Å². The maximum Gasteiger partial charge on any atom is 0.213 e. The Morgan fingerprint density at radius 2 is 1.47 bits per heavy atom. The highest BCUT2D eigenvalue weighted by Gasteiger charge is 2.30. The van der Waals surface area contributed by atoms with Crippen molar-refractivity contribution in [1.82, 2.24) is 4.90 Å². The van der Waals surface area contributed by atoms with E-state index in [0.717, 1.165) is 11.8 Å². The van der Waals surface area contributed by atoms with E-state index < -0.39 is 9.84 Å². The van der Waals surface area contributed by atoms with E-state index in [0.29, 0.717) is 23.4 Å². The number of benzene rings is 3. The van der Waals surface area contributed by atoms with Crippen LogP contribution in [0.1, 0.15) is 34.5 Å². The van der Waals surface area contributed by atoms with E-state index >= 15 is 0 Å². The molecule has 0 bridgehead atoms. The van der Waals surface area contributed by atoms with Crippen molar-refractivity contribution in [3.8, 4) is 11.5 Å². The van der Waals surface area contributed by atoms with Crippen molar-refractivity contribution in [2.45, 2.75) is 17.9 Å². The first-order chi connectivity index (χ1) is 16.2. The zero-order valence-corrected chi connectivity index (χ0v) is 19.5. The Labute approximate surface area is 198 Å². The molecule has 0 saturated heterocycles. The molecule has 0 radical (unpaired) electrons. The van der Waals surface area contributed by atoms with Gasteiger partial charge in [0.25, 0.3) is 0 Å². The molecule has 0 amide bonds. The Morgan fingerprint density at radius 1 is 0.912 bits per heavy atom. The lowest BCUT2D eigenvalue weighted by atomic mass is 9.97. The second kappa shape index (κ2) is 9.15. The van der Waals surface area contributed by atoms with Crippen LogP contribution < -0.4 is 0 Å². The highest BCUT2D eigenvalue weighted by Crippen LogP contribution is 2.37. The molecule has 1 aliphatic rings. The zero-order valence-electron chi connectivity index (χ0n) is 18.7. The molecular weight excluding hydrogens is 452 g/mol. The van der Waals surface area contributed by atoms with Crippen molar-refractivity contribution < 1.29 is 23.4 Å². The summed E-state index contributed by atoms with van der Waals surface area (Å²) in [5, 5.41) is 19.5. The third kappa shape index (κ3) is 4.58. The fourth-order valence-corrected chi connectivity index (χ4v) is 4.56. The first-order valence-corrected chi connectivity index (χ1v) is 12.6. The number of allylic oxidation sites excluding steroid dienone is 1. The van der Waals surface area contributed by atoms with Crippen LogP contribution in [0.5, 0.6) is 11.5 Å². The van der Waals surface area contributed by atoms with Crippen molar-refractivity contribution in [2.75, 3.05) is 12.8 Å². The van der Waals surface area contributed by atoms with Crippen LogP contribution in [-0.4, -0.2) is 48.3 Å². The van der Waals surface area contributed by atoms with Crippen LogP contribution >= 0.6 is 0 Å². The Bertz CT molecular complexity index is 1370. The van der Waals surface area contributed by atoms with Crippen molar-refractivity contribution in [1.29, 1.82) is 0 Å². The highest BCUT2D eigenvalue weighted by molar-refractivity contribution is 7.90.